The van der Waals surface area contributed by atoms with E-state index in [0.29, 0.717) is 19.1 Å². The summed E-state index contributed by atoms with van der Waals surface area (Å²) in [6.07, 6.45) is 6.91. The highest BCUT2D eigenvalue weighted by Gasteiger charge is 2.51. The Labute approximate surface area is 117 Å². The zero-order valence-electron chi connectivity index (χ0n) is 12.7. The van der Waals surface area contributed by atoms with E-state index in [4.69, 9.17) is 9.47 Å². The Hall–Kier alpha value is -0.610. The molecule has 4 nitrogen and oxygen atoms in total. The minimum absolute atomic E-state index is 0.159. The Kier molecular flexibility index (Phi) is 7.39. The quantitative estimate of drug-likeness (QED) is 0.463. The number of hydrogen-bond acceptors (Lipinski definition) is 4. The molecule has 0 bridgehead atoms. The Bertz CT molecular complexity index is 266. The normalized spacial score (nSPS) is 18.1. The van der Waals surface area contributed by atoms with Crippen LogP contribution in [0.3, 0.4) is 0 Å². The number of esters is 1. The second-order valence-electron chi connectivity index (χ2n) is 5.33. The van der Waals surface area contributed by atoms with Crippen LogP contribution in [-0.4, -0.2) is 38.4 Å². The maximum absolute atomic E-state index is 12.2. The van der Waals surface area contributed by atoms with E-state index in [1.807, 2.05) is 14.0 Å². The number of rotatable bonds is 11. The van der Waals surface area contributed by atoms with Crippen molar-refractivity contribution in [3.63, 3.8) is 0 Å². The first-order valence-corrected chi connectivity index (χ1v) is 7.65. The highest BCUT2D eigenvalue weighted by molar-refractivity contribution is 5.82. The monoisotopic (exact) mass is 271 g/mol. The summed E-state index contributed by atoms with van der Waals surface area (Å²) in [5.74, 6) is 0.209. The molecule has 0 heterocycles. The Balaban J connectivity index is 2.39. The van der Waals surface area contributed by atoms with Crippen LogP contribution < -0.4 is 5.32 Å². The molecule has 1 saturated carbocycles. The lowest BCUT2D eigenvalue weighted by molar-refractivity contribution is -0.155. The predicted octanol–water partition coefficient (Wildman–Crippen LogP) is 2.51. The number of carbonyl (C=O) groups is 1. The van der Waals surface area contributed by atoms with Gasteiger partial charge in [-0.15, -0.1) is 0 Å². The minimum Gasteiger partial charge on any atom is -0.465 e. The highest BCUT2D eigenvalue weighted by atomic mass is 16.5. The fraction of sp³-hybridized carbons (Fsp3) is 0.933. The molecule has 1 rings (SSSR count). The van der Waals surface area contributed by atoms with Crippen molar-refractivity contribution < 1.29 is 14.3 Å². The molecule has 0 amide bonds. The number of carbonyl (C=O) groups excluding carboxylic acids is 1. The third kappa shape index (κ3) is 4.77. The standard InChI is InChI=1S/C15H29NO3/c1-4-6-7-8-11-18-12-15(16-3,13-9-10-13)14(17)19-5-2/h13,16H,4-12H2,1-3H3. The molecule has 1 unspecified atom stereocenters. The van der Waals surface area contributed by atoms with Crippen molar-refractivity contribution in [2.24, 2.45) is 5.92 Å². The zero-order valence-corrected chi connectivity index (χ0v) is 12.7. The SMILES string of the molecule is CCCCCCOCC(NC)(C(=O)OCC)C1CC1. The van der Waals surface area contributed by atoms with Crippen molar-refractivity contribution in [1.82, 2.24) is 5.32 Å². The average molecular weight is 271 g/mol. The molecule has 1 fully saturated rings. The van der Waals surface area contributed by atoms with Gasteiger partial charge in [-0.2, -0.15) is 0 Å². The van der Waals surface area contributed by atoms with E-state index in [9.17, 15) is 4.79 Å². The predicted molar refractivity (Wildman–Crippen MR) is 76.1 cm³/mol. The van der Waals surface area contributed by atoms with E-state index in [1.54, 1.807) is 0 Å². The summed E-state index contributed by atoms with van der Waals surface area (Å²) in [5, 5.41) is 3.16. The van der Waals surface area contributed by atoms with Gasteiger partial charge in [-0.05, 0) is 39.2 Å². The van der Waals surface area contributed by atoms with Gasteiger partial charge in [-0.1, -0.05) is 26.2 Å². The fourth-order valence-electron chi connectivity index (χ4n) is 2.42. The molecule has 0 radical (unpaired) electrons. The van der Waals surface area contributed by atoms with Gasteiger partial charge in [0.05, 0.1) is 13.2 Å². The number of nitrogens with one attached hydrogen (secondary N) is 1. The van der Waals surface area contributed by atoms with Gasteiger partial charge >= 0.3 is 5.97 Å². The van der Waals surface area contributed by atoms with Gasteiger partial charge < -0.3 is 14.8 Å². The molecular formula is C15H29NO3. The lowest BCUT2D eigenvalue weighted by Gasteiger charge is -2.31. The lowest BCUT2D eigenvalue weighted by atomic mass is 9.94. The molecule has 19 heavy (non-hydrogen) atoms. The third-order valence-electron chi connectivity index (χ3n) is 3.83. The average Bonchev–Trinajstić information content (AvgIpc) is 3.23. The minimum atomic E-state index is -0.624. The molecule has 0 aromatic rings. The summed E-state index contributed by atoms with van der Waals surface area (Å²) in [5.41, 5.74) is -0.624. The van der Waals surface area contributed by atoms with Crippen LogP contribution in [0.5, 0.6) is 0 Å². The number of likely N-dealkylation sites (N-methyl/N-ethyl adjacent to an activating group) is 1. The van der Waals surface area contributed by atoms with Gasteiger partial charge in [-0.25, -0.2) is 4.79 Å². The number of ether oxygens (including phenoxy) is 2. The molecule has 1 aliphatic rings. The molecule has 0 aromatic heterocycles. The number of hydrogen-bond donors (Lipinski definition) is 1. The van der Waals surface area contributed by atoms with Crippen LogP contribution in [0.1, 0.15) is 52.4 Å². The number of unbranched alkanes of at least 4 members (excludes halogenated alkanes) is 3. The van der Waals surface area contributed by atoms with E-state index in [2.05, 4.69) is 12.2 Å². The molecule has 1 aliphatic carbocycles. The van der Waals surface area contributed by atoms with Crippen LogP contribution in [0, 0.1) is 5.92 Å². The first kappa shape index (κ1) is 16.4. The van der Waals surface area contributed by atoms with Gasteiger partial charge in [0.1, 0.15) is 5.54 Å². The highest BCUT2D eigenvalue weighted by Crippen LogP contribution is 2.40. The molecule has 1 atom stereocenters. The fourth-order valence-corrected chi connectivity index (χ4v) is 2.42. The largest absolute Gasteiger partial charge is 0.465 e. The summed E-state index contributed by atoms with van der Waals surface area (Å²) in [6, 6.07) is 0. The van der Waals surface area contributed by atoms with Crippen molar-refractivity contribution in [3.05, 3.63) is 0 Å². The first-order chi connectivity index (χ1) is 9.21. The van der Waals surface area contributed by atoms with Crippen molar-refractivity contribution in [2.45, 2.75) is 57.9 Å². The van der Waals surface area contributed by atoms with Crippen LogP contribution in [0.4, 0.5) is 0 Å². The maximum atomic E-state index is 12.2. The first-order valence-electron chi connectivity index (χ1n) is 7.65. The Morgan fingerprint density at radius 2 is 2.00 bits per heavy atom. The smallest absolute Gasteiger partial charge is 0.329 e. The van der Waals surface area contributed by atoms with Crippen molar-refractivity contribution in [3.8, 4) is 0 Å². The van der Waals surface area contributed by atoms with Crippen LogP contribution in [0.15, 0.2) is 0 Å². The van der Waals surface area contributed by atoms with E-state index in [-0.39, 0.29) is 5.97 Å². The van der Waals surface area contributed by atoms with E-state index < -0.39 is 5.54 Å². The molecule has 0 saturated heterocycles. The van der Waals surface area contributed by atoms with Crippen LogP contribution in [0.2, 0.25) is 0 Å². The van der Waals surface area contributed by atoms with Gasteiger partial charge in [0.2, 0.25) is 0 Å². The van der Waals surface area contributed by atoms with Gasteiger partial charge in [0.25, 0.3) is 0 Å². The van der Waals surface area contributed by atoms with Crippen LogP contribution in [0.25, 0.3) is 0 Å². The second-order valence-corrected chi connectivity index (χ2v) is 5.33. The third-order valence-corrected chi connectivity index (χ3v) is 3.83. The van der Waals surface area contributed by atoms with Crippen LogP contribution >= 0.6 is 0 Å². The van der Waals surface area contributed by atoms with E-state index in [1.165, 1.54) is 19.3 Å². The molecule has 0 aromatic carbocycles. The topological polar surface area (TPSA) is 47.6 Å². The van der Waals surface area contributed by atoms with E-state index in [0.717, 1.165) is 25.9 Å². The Morgan fingerprint density at radius 3 is 2.53 bits per heavy atom. The van der Waals surface area contributed by atoms with Crippen LogP contribution in [-0.2, 0) is 14.3 Å². The summed E-state index contributed by atoms with van der Waals surface area (Å²) >= 11 is 0. The van der Waals surface area contributed by atoms with Crippen molar-refractivity contribution in [2.75, 3.05) is 26.9 Å². The molecule has 1 N–H and O–H groups in total. The summed E-state index contributed by atoms with van der Waals surface area (Å²) in [7, 11) is 1.83. The van der Waals surface area contributed by atoms with E-state index >= 15 is 0 Å². The Morgan fingerprint density at radius 1 is 1.26 bits per heavy atom. The molecular weight excluding hydrogens is 242 g/mol. The summed E-state index contributed by atoms with van der Waals surface area (Å²) < 4.78 is 11.0. The lowest BCUT2D eigenvalue weighted by Crippen LogP contribution is -2.57. The van der Waals surface area contributed by atoms with Gasteiger partial charge in [0.15, 0.2) is 0 Å². The summed E-state index contributed by atoms with van der Waals surface area (Å²) in [4.78, 5) is 12.2. The van der Waals surface area contributed by atoms with Gasteiger partial charge in [-0.3, -0.25) is 0 Å². The van der Waals surface area contributed by atoms with Crippen molar-refractivity contribution in [1.29, 1.82) is 0 Å². The maximum Gasteiger partial charge on any atom is 0.329 e. The second kappa shape index (κ2) is 8.54. The van der Waals surface area contributed by atoms with Gasteiger partial charge in [0, 0.05) is 6.61 Å². The molecule has 112 valence electrons. The van der Waals surface area contributed by atoms with Crippen molar-refractivity contribution >= 4 is 5.97 Å². The zero-order chi connectivity index (χ0) is 14.1. The molecule has 0 aliphatic heterocycles. The summed E-state index contributed by atoms with van der Waals surface area (Å²) in [6.45, 7) is 5.62. The molecule has 4 heteroatoms. The molecule has 0 spiro atoms.